The van der Waals surface area contributed by atoms with Crippen molar-refractivity contribution in [3.63, 3.8) is 0 Å². The van der Waals surface area contributed by atoms with Gasteiger partial charge < -0.3 is 15.8 Å². The highest BCUT2D eigenvalue weighted by Crippen LogP contribution is 2.14. The lowest BCUT2D eigenvalue weighted by Gasteiger charge is -2.14. The minimum absolute atomic E-state index is 0.00763. The number of rotatable bonds is 6. The van der Waals surface area contributed by atoms with E-state index in [-0.39, 0.29) is 18.5 Å². The minimum atomic E-state index is -0.0900. The lowest BCUT2D eigenvalue weighted by Crippen LogP contribution is -2.38. The van der Waals surface area contributed by atoms with Gasteiger partial charge in [0.05, 0.1) is 23.7 Å². The zero-order valence-electron chi connectivity index (χ0n) is 11.5. The molecule has 0 spiro atoms. The van der Waals surface area contributed by atoms with E-state index in [1.54, 1.807) is 4.68 Å². The molecule has 6 heteroatoms. The number of nitrogens with one attached hydrogen (secondary N) is 1. The number of anilines is 1. The first-order valence-electron chi connectivity index (χ1n) is 6.12. The summed E-state index contributed by atoms with van der Waals surface area (Å²) in [7, 11) is 0. The fourth-order valence-electron chi connectivity index (χ4n) is 1.66. The molecular weight excluding hydrogens is 232 g/mol. The molecule has 0 bridgehead atoms. The predicted octanol–water partition coefficient (Wildman–Crippen LogP) is 0.623. The third-order valence-electron chi connectivity index (χ3n) is 2.71. The number of aryl methyl sites for hydroxylation is 1. The maximum Gasteiger partial charge on any atom is 0.242 e. The Morgan fingerprint density at radius 1 is 1.56 bits per heavy atom. The second kappa shape index (κ2) is 6.39. The van der Waals surface area contributed by atoms with E-state index < -0.39 is 0 Å². The molecule has 0 saturated heterocycles. The van der Waals surface area contributed by atoms with Gasteiger partial charge in [0.2, 0.25) is 5.91 Å². The van der Waals surface area contributed by atoms with Crippen molar-refractivity contribution in [3.8, 4) is 0 Å². The third-order valence-corrected chi connectivity index (χ3v) is 2.71. The van der Waals surface area contributed by atoms with Gasteiger partial charge in [-0.1, -0.05) is 0 Å². The van der Waals surface area contributed by atoms with Crippen LogP contribution in [0.2, 0.25) is 0 Å². The predicted molar refractivity (Wildman–Crippen MR) is 70.2 cm³/mol. The second-order valence-corrected chi connectivity index (χ2v) is 4.37. The normalized spacial score (nSPS) is 12.4. The van der Waals surface area contributed by atoms with Crippen LogP contribution in [-0.2, 0) is 16.1 Å². The molecule has 0 aliphatic heterocycles. The van der Waals surface area contributed by atoms with Gasteiger partial charge in [0.25, 0.3) is 0 Å². The first-order chi connectivity index (χ1) is 8.45. The van der Waals surface area contributed by atoms with Crippen LogP contribution in [-0.4, -0.2) is 34.9 Å². The summed E-state index contributed by atoms with van der Waals surface area (Å²) < 4.78 is 6.85. The number of hydrogen-bond donors (Lipinski definition) is 2. The maximum atomic E-state index is 11.8. The molecular formula is C12H22N4O2. The van der Waals surface area contributed by atoms with Gasteiger partial charge in [0, 0.05) is 12.6 Å². The Labute approximate surface area is 107 Å². The van der Waals surface area contributed by atoms with E-state index >= 15 is 0 Å². The summed E-state index contributed by atoms with van der Waals surface area (Å²) in [5.74, 6) is -0.0900. The van der Waals surface area contributed by atoms with E-state index in [0.29, 0.717) is 18.9 Å². The number of carbonyl (C=O) groups is 1. The van der Waals surface area contributed by atoms with Crippen molar-refractivity contribution >= 4 is 11.6 Å². The Bertz CT molecular complexity index is 414. The monoisotopic (exact) mass is 254 g/mol. The number of nitrogens with two attached hydrogens (primary N) is 1. The Morgan fingerprint density at radius 2 is 2.22 bits per heavy atom. The minimum Gasteiger partial charge on any atom is -0.396 e. The third kappa shape index (κ3) is 3.73. The molecule has 1 aromatic heterocycles. The Hall–Kier alpha value is -1.56. The molecule has 0 aliphatic rings. The summed E-state index contributed by atoms with van der Waals surface area (Å²) in [6.07, 6.45) is 0. The highest BCUT2D eigenvalue weighted by Gasteiger charge is 2.13. The molecule has 0 saturated carbocycles. The number of amides is 1. The van der Waals surface area contributed by atoms with Gasteiger partial charge in [-0.15, -0.1) is 0 Å². The molecule has 1 atom stereocenters. The van der Waals surface area contributed by atoms with Gasteiger partial charge in [-0.2, -0.15) is 5.10 Å². The molecule has 6 nitrogen and oxygen atoms in total. The fraction of sp³-hybridized carbons (Fsp3) is 0.667. The van der Waals surface area contributed by atoms with E-state index in [1.165, 1.54) is 0 Å². The summed E-state index contributed by atoms with van der Waals surface area (Å²) in [5.41, 5.74) is 8.03. The number of aromatic nitrogens is 2. The van der Waals surface area contributed by atoms with Crippen molar-refractivity contribution in [1.82, 2.24) is 15.1 Å². The summed E-state index contributed by atoms with van der Waals surface area (Å²) in [6.45, 7) is 8.85. The van der Waals surface area contributed by atoms with Crippen LogP contribution in [0.15, 0.2) is 0 Å². The van der Waals surface area contributed by atoms with E-state index in [0.717, 1.165) is 11.4 Å². The van der Waals surface area contributed by atoms with Gasteiger partial charge >= 0.3 is 0 Å². The van der Waals surface area contributed by atoms with Crippen LogP contribution < -0.4 is 11.1 Å². The van der Waals surface area contributed by atoms with Crippen molar-refractivity contribution in [2.24, 2.45) is 0 Å². The van der Waals surface area contributed by atoms with Crippen LogP contribution in [0.3, 0.4) is 0 Å². The van der Waals surface area contributed by atoms with Crippen molar-refractivity contribution < 1.29 is 9.53 Å². The molecule has 0 radical (unpaired) electrons. The standard InChI is InChI=1S/C12H22N4O2/c1-5-18-7-8(2)14-11(17)6-16-10(4)12(13)9(3)15-16/h8H,5-7,13H2,1-4H3,(H,14,17). The molecule has 1 aromatic rings. The van der Waals surface area contributed by atoms with Crippen LogP contribution in [0.5, 0.6) is 0 Å². The number of nitrogens with zero attached hydrogens (tertiary/aromatic N) is 2. The number of ether oxygens (including phenoxy) is 1. The zero-order valence-corrected chi connectivity index (χ0v) is 11.5. The van der Waals surface area contributed by atoms with E-state index in [1.807, 2.05) is 27.7 Å². The molecule has 1 amide bonds. The van der Waals surface area contributed by atoms with Crippen LogP contribution >= 0.6 is 0 Å². The number of hydrogen-bond acceptors (Lipinski definition) is 4. The molecule has 1 heterocycles. The van der Waals surface area contributed by atoms with Gasteiger partial charge in [-0.3, -0.25) is 9.48 Å². The molecule has 18 heavy (non-hydrogen) atoms. The summed E-state index contributed by atoms with van der Waals surface area (Å²) >= 11 is 0. The topological polar surface area (TPSA) is 82.2 Å². The van der Waals surface area contributed by atoms with E-state index in [2.05, 4.69) is 10.4 Å². The average molecular weight is 254 g/mol. The van der Waals surface area contributed by atoms with Crippen LogP contribution in [0, 0.1) is 13.8 Å². The highest BCUT2D eigenvalue weighted by molar-refractivity contribution is 5.76. The zero-order chi connectivity index (χ0) is 13.7. The first kappa shape index (κ1) is 14.5. The average Bonchev–Trinajstić information content (AvgIpc) is 2.54. The summed E-state index contributed by atoms with van der Waals surface area (Å²) in [6, 6.07) is -0.00763. The van der Waals surface area contributed by atoms with Crippen molar-refractivity contribution in [2.75, 3.05) is 18.9 Å². The number of carbonyl (C=O) groups excluding carboxylic acids is 1. The van der Waals surface area contributed by atoms with E-state index in [4.69, 9.17) is 10.5 Å². The van der Waals surface area contributed by atoms with Crippen molar-refractivity contribution in [1.29, 1.82) is 0 Å². The van der Waals surface area contributed by atoms with Crippen LogP contribution in [0.4, 0.5) is 5.69 Å². The van der Waals surface area contributed by atoms with Crippen LogP contribution in [0.1, 0.15) is 25.2 Å². The lowest BCUT2D eigenvalue weighted by molar-refractivity contribution is -0.122. The highest BCUT2D eigenvalue weighted by atomic mass is 16.5. The fourth-order valence-corrected chi connectivity index (χ4v) is 1.66. The van der Waals surface area contributed by atoms with Gasteiger partial charge in [-0.25, -0.2) is 0 Å². The number of nitrogen functional groups attached to an aromatic ring is 1. The van der Waals surface area contributed by atoms with Gasteiger partial charge in [-0.05, 0) is 27.7 Å². The van der Waals surface area contributed by atoms with Crippen LogP contribution in [0.25, 0.3) is 0 Å². The maximum absolute atomic E-state index is 11.8. The molecule has 0 fully saturated rings. The van der Waals surface area contributed by atoms with Crippen molar-refractivity contribution in [3.05, 3.63) is 11.4 Å². The summed E-state index contributed by atoms with van der Waals surface area (Å²) in [4.78, 5) is 11.8. The summed E-state index contributed by atoms with van der Waals surface area (Å²) in [5, 5.41) is 7.07. The van der Waals surface area contributed by atoms with Crippen molar-refractivity contribution in [2.45, 2.75) is 40.3 Å². The molecule has 0 aromatic carbocycles. The van der Waals surface area contributed by atoms with Gasteiger partial charge in [0.15, 0.2) is 0 Å². The van der Waals surface area contributed by atoms with E-state index in [9.17, 15) is 4.79 Å². The Balaban J connectivity index is 2.51. The molecule has 0 aliphatic carbocycles. The molecule has 1 unspecified atom stereocenters. The quantitative estimate of drug-likeness (QED) is 0.780. The second-order valence-electron chi connectivity index (χ2n) is 4.37. The molecule has 1 rings (SSSR count). The van der Waals surface area contributed by atoms with Gasteiger partial charge in [0.1, 0.15) is 6.54 Å². The molecule has 102 valence electrons. The SMILES string of the molecule is CCOCC(C)NC(=O)Cn1nc(C)c(N)c1C. The Morgan fingerprint density at radius 3 is 2.72 bits per heavy atom. The first-order valence-corrected chi connectivity index (χ1v) is 6.12. The lowest BCUT2D eigenvalue weighted by atomic mass is 10.3. The largest absolute Gasteiger partial charge is 0.396 e. The Kier molecular flexibility index (Phi) is 5.15. The molecule has 3 N–H and O–H groups in total. The smallest absolute Gasteiger partial charge is 0.242 e.